The van der Waals surface area contributed by atoms with E-state index in [-0.39, 0.29) is 25.6 Å². The van der Waals surface area contributed by atoms with E-state index in [9.17, 15) is 16.9 Å². The van der Waals surface area contributed by atoms with Crippen LogP contribution in [0.15, 0.2) is 30.3 Å². The van der Waals surface area contributed by atoms with Gasteiger partial charge in [0.2, 0.25) is 0 Å². The second-order valence-electron chi connectivity index (χ2n) is 9.52. The molecule has 1 aliphatic rings. The minimum Gasteiger partial charge on any atom is 2.00 e. The Labute approximate surface area is 214 Å². The van der Waals surface area contributed by atoms with Crippen LogP contribution in [0.5, 0.6) is 0 Å². The summed E-state index contributed by atoms with van der Waals surface area (Å²) in [5.74, 6) is 2.23. The van der Waals surface area contributed by atoms with E-state index in [1.54, 1.807) is 0 Å². The van der Waals surface area contributed by atoms with Gasteiger partial charge in [0.05, 0.1) is 14.3 Å². The molecule has 0 amide bonds. The minimum atomic E-state index is -11.2. The predicted octanol–water partition coefficient (Wildman–Crippen LogP) is 8.98. The van der Waals surface area contributed by atoms with Crippen LogP contribution in [0.1, 0.15) is 60.8 Å². The third kappa shape index (κ3) is 19.5. The Balaban J connectivity index is 0. The SMILES string of the molecule is CC(C)[C@@H]1CC[C@@H](C)C[C@H]1O[P@](c1ccccc1)C(C)(C)C.[CH2][CH][CH2].[F][Sb-]([F])([F])([F])([F])[F].[Pd+2]. The first-order chi connectivity index (χ1) is 14.2. The van der Waals surface area contributed by atoms with Crippen molar-refractivity contribution in [2.75, 3.05) is 0 Å². The first kappa shape index (κ1) is 35.8. The molecule has 0 spiro atoms. The van der Waals surface area contributed by atoms with Gasteiger partial charge in [-0.3, -0.25) is 0 Å². The number of hydrogen-bond acceptors (Lipinski definition) is 1. The van der Waals surface area contributed by atoms with E-state index >= 15 is 0 Å². The van der Waals surface area contributed by atoms with E-state index < -0.39 is 27.6 Å². The molecular weight excluding hydrogens is 665 g/mol. The summed E-state index contributed by atoms with van der Waals surface area (Å²) in [5, 5.41) is 1.56. The van der Waals surface area contributed by atoms with E-state index in [1.165, 1.54) is 31.0 Å². The quantitative estimate of drug-likeness (QED) is 0.173. The number of halogens is 6. The predicted molar refractivity (Wildman–Crippen MR) is 126 cm³/mol. The summed E-state index contributed by atoms with van der Waals surface area (Å²) in [7, 11) is -0.590. The Morgan fingerprint density at radius 1 is 1.00 bits per heavy atom. The fourth-order valence-corrected chi connectivity index (χ4v) is 5.71. The Bertz CT molecular complexity index is 653. The molecule has 2 rings (SSSR count). The minimum absolute atomic E-state index is 0. The summed E-state index contributed by atoms with van der Waals surface area (Å²) in [6.45, 7) is 20.6. The van der Waals surface area contributed by atoms with Gasteiger partial charge in [0.1, 0.15) is 0 Å². The second kappa shape index (κ2) is 13.3. The van der Waals surface area contributed by atoms with Gasteiger partial charge < -0.3 is 4.52 Å². The molecule has 0 heterocycles. The number of rotatable bonds is 4. The molecule has 1 nitrogen and oxygen atoms in total. The molecule has 3 radical (unpaired) electrons. The van der Waals surface area contributed by atoms with E-state index in [0.29, 0.717) is 17.9 Å². The summed E-state index contributed by atoms with van der Waals surface area (Å²) >= 11 is -11.2. The van der Waals surface area contributed by atoms with Crippen LogP contribution >= 0.6 is 8.15 Å². The molecule has 10 heteroatoms. The van der Waals surface area contributed by atoms with Crippen LogP contribution in [-0.2, 0) is 24.9 Å². The average molecular weight is 704 g/mol. The fraction of sp³-hybridized carbons (Fsp3) is 0.609. The molecule has 1 aromatic carbocycles. The van der Waals surface area contributed by atoms with Gasteiger partial charge in [-0.1, -0.05) is 78.3 Å². The van der Waals surface area contributed by atoms with Crippen LogP contribution in [-0.4, -0.2) is 30.7 Å². The van der Waals surface area contributed by atoms with E-state index in [1.807, 2.05) is 0 Å². The number of hydrogen-bond donors (Lipinski definition) is 0. The molecule has 0 unspecified atom stereocenters. The molecule has 1 aromatic rings. The molecule has 0 bridgehead atoms. The van der Waals surface area contributed by atoms with Gasteiger partial charge in [0, 0.05) is 10.5 Å². The van der Waals surface area contributed by atoms with Crippen LogP contribution in [0.25, 0.3) is 0 Å². The summed E-state index contributed by atoms with van der Waals surface area (Å²) < 4.78 is 66.4. The van der Waals surface area contributed by atoms with Crippen molar-refractivity contribution in [2.24, 2.45) is 17.8 Å². The molecule has 0 N–H and O–H groups in total. The monoisotopic (exact) mass is 702 g/mol. The van der Waals surface area contributed by atoms with Gasteiger partial charge in [-0.2, -0.15) is 0 Å². The average Bonchev–Trinajstić information content (AvgIpc) is 2.57. The first-order valence-electron chi connectivity index (χ1n) is 10.6. The van der Waals surface area contributed by atoms with Gasteiger partial charge in [-0.05, 0) is 50.9 Å². The maximum Gasteiger partial charge on any atom is 2.00 e. The Kier molecular flexibility index (Phi) is 14.4. The Morgan fingerprint density at radius 2 is 1.42 bits per heavy atom. The molecule has 1 fully saturated rings. The molecule has 33 heavy (non-hydrogen) atoms. The van der Waals surface area contributed by atoms with Gasteiger partial charge >= 0.3 is 56.8 Å². The van der Waals surface area contributed by atoms with E-state index in [0.717, 1.165) is 5.92 Å². The summed E-state index contributed by atoms with van der Waals surface area (Å²) in [4.78, 5) is 0. The summed E-state index contributed by atoms with van der Waals surface area (Å²) in [6.07, 6.45) is 5.84. The zero-order valence-corrected chi connectivity index (χ0v) is 25.2. The van der Waals surface area contributed by atoms with Gasteiger partial charge in [-0.25, -0.2) is 0 Å². The van der Waals surface area contributed by atoms with Crippen LogP contribution < -0.4 is 5.30 Å². The second-order valence-corrected chi connectivity index (χ2v) is 17.6. The molecule has 4 atom stereocenters. The smallest absolute Gasteiger partial charge is 2.00 e. The van der Waals surface area contributed by atoms with Crippen LogP contribution in [0.2, 0.25) is 0 Å². The zero-order chi connectivity index (χ0) is 25.4. The van der Waals surface area contributed by atoms with Crippen LogP contribution in [0.4, 0.5) is 16.9 Å². The van der Waals surface area contributed by atoms with Gasteiger partial charge in [-0.15, -0.1) is 0 Å². The standard InChI is InChI=1S/C20H33OP.C3H5.6FH.Pd.Sb/c1-15(2)18-13-12-16(3)14-19(18)21-22(20(4,5)6)17-10-8-7-9-11-17;1-3-2;;;;;;;;/h7-11,15-16,18-19H,12-14H2,1-6H3;3H,1-2H2;6*1H;;/q;;;;;;;;+2;+5/p-6/t16-,18+,19-,22-;;;;;;;;;/m1........./s1. The van der Waals surface area contributed by atoms with Crippen molar-refractivity contribution in [2.45, 2.75) is 72.1 Å². The molecule has 0 saturated heterocycles. The number of benzene rings is 1. The topological polar surface area (TPSA) is 9.23 Å². The molecule has 1 aliphatic carbocycles. The molecule has 0 aliphatic heterocycles. The van der Waals surface area contributed by atoms with Crippen molar-refractivity contribution in [1.29, 1.82) is 0 Å². The van der Waals surface area contributed by atoms with Crippen LogP contribution in [0, 0.1) is 38.0 Å². The Morgan fingerprint density at radius 3 is 1.79 bits per heavy atom. The Hall–Kier alpha value is 0.671. The first-order valence-corrected chi connectivity index (χ1v) is 17.7. The molecule has 1 saturated carbocycles. The maximum absolute atomic E-state index is 11.2. The summed E-state index contributed by atoms with van der Waals surface area (Å²) in [5.41, 5.74) is 0. The van der Waals surface area contributed by atoms with E-state index in [4.69, 9.17) is 4.52 Å². The van der Waals surface area contributed by atoms with Crippen LogP contribution in [0.3, 0.4) is 0 Å². The normalized spacial score (nSPS) is 24.0. The zero-order valence-electron chi connectivity index (χ0n) is 20.2. The van der Waals surface area contributed by atoms with Gasteiger partial charge in [0.25, 0.3) is 0 Å². The molecule has 197 valence electrons. The maximum atomic E-state index is 9.93. The fourth-order valence-electron chi connectivity index (χ4n) is 3.54. The third-order valence-corrected chi connectivity index (χ3v) is 7.27. The van der Waals surface area contributed by atoms with E-state index in [2.05, 4.69) is 85.7 Å². The van der Waals surface area contributed by atoms with Crippen molar-refractivity contribution in [1.82, 2.24) is 0 Å². The van der Waals surface area contributed by atoms with Crippen molar-refractivity contribution in [3.8, 4) is 0 Å². The summed E-state index contributed by atoms with van der Waals surface area (Å²) in [6, 6.07) is 10.9. The largest absolute Gasteiger partial charge is 2.00 e. The van der Waals surface area contributed by atoms with Gasteiger partial charge in [0.15, 0.2) is 0 Å². The van der Waals surface area contributed by atoms with Crippen molar-refractivity contribution in [3.63, 3.8) is 0 Å². The molecular formula is C23H38F6OPPdSb+. The molecule has 0 aromatic heterocycles. The van der Waals surface area contributed by atoms with Crippen molar-refractivity contribution in [3.05, 3.63) is 50.6 Å². The van der Waals surface area contributed by atoms with Crippen molar-refractivity contribution >= 4 is 32.9 Å². The third-order valence-electron chi connectivity index (χ3n) is 4.80. The van der Waals surface area contributed by atoms with Crippen molar-refractivity contribution < 1.29 is 41.8 Å².